The van der Waals surface area contributed by atoms with Gasteiger partial charge in [0.15, 0.2) is 0 Å². The Morgan fingerprint density at radius 1 is 1.50 bits per heavy atom. The van der Waals surface area contributed by atoms with E-state index in [1.54, 1.807) is 0 Å². The zero-order chi connectivity index (χ0) is 12.1. The Morgan fingerprint density at radius 3 is 2.75 bits per heavy atom. The van der Waals surface area contributed by atoms with Crippen molar-refractivity contribution in [3.8, 4) is 0 Å². The van der Waals surface area contributed by atoms with Crippen molar-refractivity contribution in [2.45, 2.75) is 19.4 Å². The molecule has 1 atom stereocenters. The van der Waals surface area contributed by atoms with Crippen molar-refractivity contribution in [1.29, 1.82) is 0 Å². The van der Waals surface area contributed by atoms with Gasteiger partial charge < -0.3 is 5.73 Å². The van der Waals surface area contributed by atoms with Crippen LogP contribution in [0.5, 0.6) is 0 Å². The first kappa shape index (κ1) is 13.6. The lowest BCUT2D eigenvalue weighted by molar-refractivity contribution is 0.254. The van der Waals surface area contributed by atoms with Gasteiger partial charge in [0, 0.05) is 16.1 Å². The predicted molar refractivity (Wildman–Crippen MR) is 68.8 cm³/mol. The second-order valence-electron chi connectivity index (χ2n) is 3.96. The van der Waals surface area contributed by atoms with E-state index in [1.807, 2.05) is 26.1 Å². The van der Waals surface area contributed by atoms with Crippen LogP contribution >= 0.6 is 15.9 Å². The fraction of sp³-hybridized carbons (Fsp3) is 0.500. The van der Waals surface area contributed by atoms with Gasteiger partial charge in [0.1, 0.15) is 5.82 Å². The second kappa shape index (κ2) is 6.33. The number of hydrogen-bond donors (Lipinski definition) is 1. The molecule has 0 aliphatic heterocycles. The van der Waals surface area contributed by atoms with Crippen LogP contribution in [-0.2, 0) is 0 Å². The molecule has 90 valence electrons. The van der Waals surface area contributed by atoms with E-state index < -0.39 is 0 Å². The topological polar surface area (TPSA) is 29.3 Å². The van der Waals surface area contributed by atoms with Crippen LogP contribution in [0.1, 0.15) is 24.9 Å². The van der Waals surface area contributed by atoms with Crippen molar-refractivity contribution in [2.75, 3.05) is 20.1 Å². The van der Waals surface area contributed by atoms with Gasteiger partial charge in [-0.25, -0.2) is 4.39 Å². The Labute approximate surface area is 105 Å². The molecule has 0 saturated carbocycles. The van der Waals surface area contributed by atoms with E-state index in [0.717, 1.165) is 23.0 Å². The molecule has 2 N–H and O–H groups in total. The van der Waals surface area contributed by atoms with Crippen molar-refractivity contribution < 1.29 is 4.39 Å². The maximum atomic E-state index is 13.7. The average Bonchev–Trinajstić information content (AvgIpc) is 2.25. The summed E-state index contributed by atoms with van der Waals surface area (Å²) in [5.74, 6) is -0.165. The number of nitrogens with two attached hydrogens (primary N) is 1. The smallest absolute Gasteiger partial charge is 0.129 e. The minimum Gasteiger partial charge on any atom is -0.330 e. The summed E-state index contributed by atoms with van der Waals surface area (Å²) in [5.41, 5.74) is 6.18. The van der Waals surface area contributed by atoms with Crippen molar-refractivity contribution in [3.05, 3.63) is 34.1 Å². The molecule has 0 heterocycles. The summed E-state index contributed by atoms with van der Waals surface area (Å²) in [7, 11) is 1.99. The first-order valence-electron chi connectivity index (χ1n) is 5.41. The molecular formula is C12H18BrFN2. The zero-order valence-electron chi connectivity index (χ0n) is 9.71. The molecule has 4 heteroatoms. The molecule has 1 aromatic rings. The van der Waals surface area contributed by atoms with Crippen LogP contribution in [0.15, 0.2) is 22.7 Å². The van der Waals surface area contributed by atoms with Gasteiger partial charge in [0.05, 0.1) is 0 Å². The fourth-order valence-corrected chi connectivity index (χ4v) is 1.95. The molecule has 1 rings (SSSR count). The molecular weight excluding hydrogens is 271 g/mol. The molecule has 0 bridgehead atoms. The van der Waals surface area contributed by atoms with Crippen molar-refractivity contribution in [3.63, 3.8) is 0 Å². The van der Waals surface area contributed by atoms with Crippen LogP contribution in [0.4, 0.5) is 4.39 Å². The maximum absolute atomic E-state index is 13.7. The Balaban J connectivity index is 2.75. The van der Waals surface area contributed by atoms with Crippen LogP contribution in [-0.4, -0.2) is 25.0 Å². The van der Waals surface area contributed by atoms with Crippen LogP contribution in [0, 0.1) is 5.82 Å². The highest BCUT2D eigenvalue weighted by molar-refractivity contribution is 9.10. The third-order valence-electron chi connectivity index (χ3n) is 2.79. The summed E-state index contributed by atoms with van der Waals surface area (Å²) in [4.78, 5) is 2.11. The molecule has 0 saturated heterocycles. The third kappa shape index (κ3) is 3.54. The monoisotopic (exact) mass is 288 g/mol. The Hall–Kier alpha value is -0.450. The summed E-state index contributed by atoms with van der Waals surface area (Å²) >= 11 is 3.25. The Morgan fingerprint density at radius 2 is 2.19 bits per heavy atom. The molecule has 0 aliphatic carbocycles. The number of halogens is 2. The molecule has 0 amide bonds. The van der Waals surface area contributed by atoms with E-state index in [2.05, 4.69) is 20.8 Å². The molecule has 0 spiro atoms. The van der Waals surface area contributed by atoms with Crippen molar-refractivity contribution >= 4 is 15.9 Å². The molecule has 0 fully saturated rings. The van der Waals surface area contributed by atoms with E-state index in [4.69, 9.17) is 5.73 Å². The van der Waals surface area contributed by atoms with Gasteiger partial charge in [-0.2, -0.15) is 0 Å². The van der Waals surface area contributed by atoms with Gasteiger partial charge in [0.2, 0.25) is 0 Å². The highest BCUT2D eigenvalue weighted by atomic mass is 79.9. The summed E-state index contributed by atoms with van der Waals surface area (Å²) in [6, 6.07) is 5.26. The lowest BCUT2D eigenvalue weighted by atomic mass is 10.1. The standard InChI is InChI=1S/C12H18BrFN2/c1-9(16(2)7-3-6-15)11-5-4-10(13)8-12(11)14/h4-5,8-9H,3,6-7,15H2,1-2H3. The number of rotatable bonds is 5. The van der Waals surface area contributed by atoms with E-state index in [1.165, 1.54) is 6.07 Å². The van der Waals surface area contributed by atoms with E-state index in [-0.39, 0.29) is 11.9 Å². The molecule has 0 aromatic heterocycles. The highest BCUT2D eigenvalue weighted by Gasteiger charge is 2.15. The summed E-state index contributed by atoms with van der Waals surface area (Å²) in [5, 5.41) is 0. The maximum Gasteiger partial charge on any atom is 0.129 e. The van der Waals surface area contributed by atoms with Gasteiger partial charge in [-0.1, -0.05) is 22.0 Å². The van der Waals surface area contributed by atoms with Gasteiger partial charge in [-0.05, 0) is 45.6 Å². The number of hydrogen-bond acceptors (Lipinski definition) is 2. The minimum absolute atomic E-state index is 0.0691. The first-order chi connectivity index (χ1) is 7.56. The summed E-state index contributed by atoms with van der Waals surface area (Å²) in [6.07, 6.45) is 0.930. The third-order valence-corrected chi connectivity index (χ3v) is 3.28. The quantitative estimate of drug-likeness (QED) is 0.903. The molecule has 16 heavy (non-hydrogen) atoms. The van der Waals surface area contributed by atoms with Crippen molar-refractivity contribution in [1.82, 2.24) is 4.90 Å². The van der Waals surface area contributed by atoms with E-state index >= 15 is 0 Å². The second-order valence-corrected chi connectivity index (χ2v) is 4.88. The number of nitrogens with zero attached hydrogens (tertiary/aromatic N) is 1. The zero-order valence-corrected chi connectivity index (χ0v) is 11.3. The first-order valence-corrected chi connectivity index (χ1v) is 6.20. The van der Waals surface area contributed by atoms with Gasteiger partial charge in [0.25, 0.3) is 0 Å². The fourth-order valence-electron chi connectivity index (χ4n) is 1.61. The van der Waals surface area contributed by atoms with Gasteiger partial charge in [-0.15, -0.1) is 0 Å². The molecule has 2 nitrogen and oxygen atoms in total. The van der Waals surface area contributed by atoms with Gasteiger partial charge >= 0.3 is 0 Å². The Bertz CT molecular complexity index is 344. The summed E-state index contributed by atoms with van der Waals surface area (Å²) in [6.45, 7) is 3.55. The highest BCUT2D eigenvalue weighted by Crippen LogP contribution is 2.24. The van der Waals surface area contributed by atoms with Crippen molar-refractivity contribution in [2.24, 2.45) is 5.73 Å². The van der Waals surface area contributed by atoms with E-state index in [9.17, 15) is 4.39 Å². The molecule has 1 unspecified atom stereocenters. The largest absolute Gasteiger partial charge is 0.330 e. The molecule has 1 aromatic carbocycles. The average molecular weight is 289 g/mol. The molecule has 0 aliphatic rings. The van der Waals surface area contributed by atoms with Crippen LogP contribution in [0.25, 0.3) is 0 Å². The number of benzene rings is 1. The summed E-state index contributed by atoms with van der Waals surface area (Å²) < 4.78 is 14.5. The van der Waals surface area contributed by atoms with Crippen LogP contribution in [0.3, 0.4) is 0 Å². The molecule has 0 radical (unpaired) electrons. The van der Waals surface area contributed by atoms with E-state index in [0.29, 0.717) is 6.54 Å². The van der Waals surface area contributed by atoms with Gasteiger partial charge in [-0.3, -0.25) is 4.90 Å². The minimum atomic E-state index is -0.165. The Kier molecular flexibility index (Phi) is 5.38. The predicted octanol–water partition coefficient (Wildman–Crippen LogP) is 2.93. The lowest BCUT2D eigenvalue weighted by Gasteiger charge is -2.25. The van der Waals surface area contributed by atoms with Crippen LogP contribution < -0.4 is 5.73 Å². The van der Waals surface area contributed by atoms with Crippen LogP contribution in [0.2, 0.25) is 0 Å². The SMILES string of the molecule is CC(c1ccc(Br)cc1F)N(C)CCCN. The normalized spacial score (nSPS) is 13.1. The lowest BCUT2D eigenvalue weighted by Crippen LogP contribution is -2.25.